The van der Waals surface area contributed by atoms with Gasteiger partial charge in [-0.1, -0.05) is 172 Å². The zero-order valence-electron chi connectivity index (χ0n) is 39.2. The van der Waals surface area contributed by atoms with E-state index in [1.165, 1.54) is 61.5 Å². The van der Waals surface area contributed by atoms with E-state index in [2.05, 4.69) is 237 Å². The number of hydrogen-bond donors (Lipinski definition) is 0. The highest BCUT2D eigenvalue weighted by atomic mass is 15.2. The third kappa shape index (κ3) is 6.98. The first-order valence-electron chi connectivity index (χ1n) is 23.6. The maximum atomic E-state index is 5.35. The lowest BCUT2D eigenvalue weighted by atomic mass is 9.79. The number of allylic oxidation sites excluding steroid dienone is 5. The van der Waals surface area contributed by atoms with Crippen LogP contribution in [0.3, 0.4) is 0 Å². The molecule has 0 amide bonds. The molecule has 1 unspecified atom stereocenters. The summed E-state index contributed by atoms with van der Waals surface area (Å²) in [6, 6.07) is 60.9. The Labute approximate surface area is 400 Å². The van der Waals surface area contributed by atoms with E-state index in [4.69, 9.17) is 11.6 Å². The summed E-state index contributed by atoms with van der Waals surface area (Å²) in [5, 5.41) is 3.20. The van der Waals surface area contributed by atoms with Gasteiger partial charge in [0.05, 0.1) is 34.4 Å². The summed E-state index contributed by atoms with van der Waals surface area (Å²) >= 11 is 0. The van der Waals surface area contributed by atoms with Gasteiger partial charge in [-0.05, 0) is 132 Å². The lowest BCUT2D eigenvalue weighted by Gasteiger charge is -2.39. The minimum absolute atomic E-state index is 0.0867. The molecule has 2 heterocycles. The number of aromatic nitrogens is 1. The van der Waals surface area contributed by atoms with E-state index in [9.17, 15) is 0 Å². The molecule has 4 nitrogen and oxygen atoms in total. The molecule has 7 aromatic carbocycles. The van der Waals surface area contributed by atoms with Crippen molar-refractivity contribution >= 4 is 64.2 Å². The highest BCUT2D eigenvalue weighted by molar-refractivity contribution is 6.12. The fourth-order valence-electron chi connectivity index (χ4n) is 11.0. The van der Waals surface area contributed by atoms with E-state index in [0.29, 0.717) is 6.54 Å². The molecule has 0 saturated carbocycles. The average molecular weight is 879 g/mol. The smallest absolute Gasteiger partial charge is 0.0716 e. The number of anilines is 2. The quantitative estimate of drug-likeness (QED) is 0.126. The van der Waals surface area contributed by atoms with Crippen molar-refractivity contribution in [2.75, 3.05) is 4.90 Å². The van der Waals surface area contributed by atoms with Crippen LogP contribution in [0.5, 0.6) is 0 Å². The van der Waals surface area contributed by atoms with E-state index < -0.39 is 0 Å². The van der Waals surface area contributed by atoms with Crippen LogP contribution in [-0.2, 0) is 12.0 Å². The summed E-state index contributed by atoms with van der Waals surface area (Å²) in [7, 11) is 0. The topological polar surface area (TPSA) is 32.9 Å². The third-order valence-electron chi connectivity index (χ3n) is 14.4. The molecule has 0 radical (unpaired) electrons. The van der Waals surface area contributed by atoms with Gasteiger partial charge in [0.15, 0.2) is 0 Å². The van der Waals surface area contributed by atoms with Crippen molar-refractivity contribution in [3.63, 3.8) is 0 Å². The Bertz CT molecular complexity index is 3580. The molecule has 1 aliphatic heterocycles. The standard InChI is InChI=1S/C64H54N4/c1-7-8-28-59-43(2)62-50(47-37-38-64(5)56(40-47)53-25-16-18-29-60(53)68(64)49-22-13-10-14-23-49)26-19-30-61(62)67(59)48-34-32-46(33-35-48)58(41-57(65-6)45-20-11-9-12-21-45)66-42-44-31-36-52-51-24-15-17-27-54(51)63(3,4)55(52)39-44/h7-37,39-41H,2,6,38,42H2,1,3-5H3/b8-7-,57-41-,59-28+,66-58?. The molecule has 0 fully saturated rings. The number of fused-ring (bicyclic) bond motifs is 7. The van der Waals surface area contributed by atoms with Gasteiger partial charge in [-0.15, -0.1) is 0 Å². The normalized spacial score (nSPS) is 17.5. The predicted molar refractivity (Wildman–Crippen MR) is 290 cm³/mol. The first-order chi connectivity index (χ1) is 33.2. The second-order valence-corrected chi connectivity index (χ2v) is 18.8. The number of para-hydroxylation sites is 2. The molecular weight excluding hydrogens is 825 g/mol. The van der Waals surface area contributed by atoms with Crippen molar-refractivity contribution in [1.29, 1.82) is 0 Å². The molecule has 0 spiro atoms. The summed E-state index contributed by atoms with van der Waals surface area (Å²) in [6.45, 7) is 18.4. The second kappa shape index (κ2) is 17.0. The third-order valence-corrected chi connectivity index (χ3v) is 14.4. The van der Waals surface area contributed by atoms with Crippen LogP contribution < -0.4 is 15.5 Å². The molecule has 1 aromatic heterocycles. The molecule has 4 heteroatoms. The molecule has 0 N–H and O–H groups in total. The van der Waals surface area contributed by atoms with Crippen LogP contribution in [0.2, 0.25) is 0 Å². The summed E-state index contributed by atoms with van der Waals surface area (Å²) in [5.74, 6) is 0. The van der Waals surface area contributed by atoms with E-state index in [-0.39, 0.29) is 11.0 Å². The Morgan fingerprint density at radius 1 is 0.676 bits per heavy atom. The molecule has 2 aliphatic carbocycles. The zero-order valence-corrected chi connectivity index (χ0v) is 39.2. The molecular formula is C64H54N4. The van der Waals surface area contributed by atoms with Crippen molar-refractivity contribution in [3.8, 4) is 16.8 Å². The van der Waals surface area contributed by atoms with Crippen LogP contribution in [-0.4, -0.2) is 22.5 Å². The molecule has 330 valence electrons. The van der Waals surface area contributed by atoms with E-state index >= 15 is 0 Å². The van der Waals surface area contributed by atoms with Gasteiger partial charge in [-0.25, -0.2) is 0 Å². The van der Waals surface area contributed by atoms with Crippen LogP contribution in [0.4, 0.5) is 11.4 Å². The number of nitrogens with zero attached hydrogens (tertiary/aromatic N) is 4. The van der Waals surface area contributed by atoms with E-state index in [1.807, 2.05) is 18.2 Å². The lowest BCUT2D eigenvalue weighted by Crippen LogP contribution is -2.40. The maximum Gasteiger partial charge on any atom is 0.0716 e. The number of benzene rings is 7. The Morgan fingerprint density at radius 2 is 1.37 bits per heavy atom. The average Bonchev–Trinajstić information content (AvgIpc) is 3.91. The van der Waals surface area contributed by atoms with Crippen LogP contribution in [0.15, 0.2) is 210 Å². The van der Waals surface area contributed by atoms with Crippen LogP contribution >= 0.6 is 0 Å². The van der Waals surface area contributed by atoms with Gasteiger partial charge in [0.2, 0.25) is 0 Å². The number of rotatable bonds is 10. The van der Waals surface area contributed by atoms with Crippen molar-refractivity contribution in [1.82, 2.24) is 4.57 Å². The van der Waals surface area contributed by atoms with Crippen LogP contribution in [0.1, 0.15) is 73.1 Å². The predicted octanol–water partition coefficient (Wildman–Crippen LogP) is 14.2. The van der Waals surface area contributed by atoms with Crippen molar-refractivity contribution in [2.45, 2.75) is 51.6 Å². The minimum Gasteiger partial charge on any atom is -0.331 e. The molecule has 68 heavy (non-hydrogen) atoms. The molecule has 1 atom stereocenters. The number of hydrogen-bond acceptors (Lipinski definition) is 3. The van der Waals surface area contributed by atoms with Gasteiger partial charge in [0.1, 0.15) is 0 Å². The summed E-state index contributed by atoms with van der Waals surface area (Å²) in [5.41, 5.74) is 19.4. The Kier molecular flexibility index (Phi) is 10.6. The fourth-order valence-corrected chi connectivity index (χ4v) is 11.0. The monoisotopic (exact) mass is 878 g/mol. The Balaban J connectivity index is 0.991. The molecule has 11 rings (SSSR count). The SMILES string of the molecule is C=N/C(=C\C(=NCc1ccc2c(c1)C(C)(C)c1ccccc1-2)c1ccc(-n2/c(=C/C=C\C)c(=C)c3c(C4=CCC5(C)C(=C4)c4ccccc4N5c4ccccc4)cccc32)cc1)c1ccccc1. The molecule has 8 aromatic rings. The summed E-state index contributed by atoms with van der Waals surface area (Å²) < 4.78 is 2.35. The van der Waals surface area contributed by atoms with Crippen LogP contribution in [0, 0.1) is 0 Å². The van der Waals surface area contributed by atoms with Gasteiger partial charge in [0.25, 0.3) is 0 Å². The van der Waals surface area contributed by atoms with Gasteiger partial charge >= 0.3 is 0 Å². The van der Waals surface area contributed by atoms with Gasteiger partial charge in [0, 0.05) is 44.2 Å². The lowest BCUT2D eigenvalue weighted by molar-refractivity contribution is 0.608. The fraction of sp³-hybridized carbons (Fsp3) is 0.125. The second-order valence-electron chi connectivity index (χ2n) is 18.8. The molecule has 0 saturated heterocycles. The first-order valence-corrected chi connectivity index (χ1v) is 23.6. The highest BCUT2D eigenvalue weighted by Gasteiger charge is 2.45. The van der Waals surface area contributed by atoms with E-state index in [1.54, 1.807) is 0 Å². The van der Waals surface area contributed by atoms with Crippen molar-refractivity contribution in [3.05, 3.63) is 250 Å². The van der Waals surface area contributed by atoms with Gasteiger partial charge < -0.3 is 9.47 Å². The van der Waals surface area contributed by atoms with Gasteiger partial charge in [-0.2, -0.15) is 0 Å². The Morgan fingerprint density at radius 3 is 2.13 bits per heavy atom. The molecule has 3 aliphatic rings. The molecule has 0 bridgehead atoms. The van der Waals surface area contributed by atoms with Crippen molar-refractivity contribution < 1.29 is 0 Å². The first kappa shape index (κ1) is 42.5. The zero-order chi connectivity index (χ0) is 46.6. The highest BCUT2D eigenvalue weighted by Crippen LogP contribution is 2.55. The van der Waals surface area contributed by atoms with E-state index in [0.717, 1.165) is 56.1 Å². The summed E-state index contributed by atoms with van der Waals surface area (Å²) in [4.78, 5) is 12.4. The summed E-state index contributed by atoms with van der Waals surface area (Å²) in [6.07, 6.45) is 14.2. The van der Waals surface area contributed by atoms with Crippen molar-refractivity contribution in [2.24, 2.45) is 9.98 Å². The minimum atomic E-state index is -0.222. The maximum absolute atomic E-state index is 5.35. The van der Waals surface area contributed by atoms with Crippen LogP contribution in [0.25, 0.3) is 57.2 Å². The number of aliphatic imine (C=N–C) groups is 2. The Hall–Kier alpha value is -8.08. The van der Waals surface area contributed by atoms with Gasteiger partial charge in [-0.3, -0.25) is 9.98 Å². The largest absolute Gasteiger partial charge is 0.331 e.